The van der Waals surface area contributed by atoms with Gasteiger partial charge in [0.15, 0.2) is 5.17 Å². The van der Waals surface area contributed by atoms with Gasteiger partial charge >= 0.3 is 0 Å². The number of ether oxygens (including phenoxy) is 2. The van der Waals surface area contributed by atoms with E-state index in [0.29, 0.717) is 36.4 Å². The summed E-state index contributed by atoms with van der Waals surface area (Å²) < 4.78 is 10.1. The lowest BCUT2D eigenvalue weighted by Crippen LogP contribution is -2.42. The number of methoxy groups -OCH3 is 2. The zero-order valence-electron chi connectivity index (χ0n) is 20.7. The van der Waals surface area contributed by atoms with Gasteiger partial charge < -0.3 is 20.1 Å². The van der Waals surface area contributed by atoms with E-state index < -0.39 is 6.04 Å². The second kappa shape index (κ2) is 12.5. The summed E-state index contributed by atoms with van der Waals surface area (Å²) >= 11 is 1.18. The molecule has 2 aliphatic rings. The van der Waals surface area contributed by atoms with Crippen molar-refractivity contribution in [1.82, 2.24) is 15.5 Å². The van der Waals surface area contributed by atoms with Crippen molar-refractivity contribution in [2.45, 2.75) is 25.4 Å². The summed E-state index contributed by atoms with van der Waals surface area (Å²) in [5, 5.41) is 6.04. The van der Waals surface area contributed by atoms with Crippen molar-refractivity contribution in [2.24, 2.45) is 9.98 Å². The zero-order valence-corrected chi connectivity index (χ0v) is 21.5. The summed E-state index contributed by atoms with van der Waals surface area (Å²) in [6.45, 7) is 1.21. The van der Waals surface area contributed by atoms with Crippen LogP contribution in [-0.4, -0.2) is 72.8 Å². The zero-order chi connectivity index (χ0) is 26.2. The standard InChI is InChI=1S/C26H29N5O5S/c1-35-14-13-27-23(33)16-37-26-30-20-6-4-3-5-19(20)24-29-21(25(34)31(24)26)11-12-22(32)28-15-17-7-9-18(36-2)10-8-17/h3-10,21H,11-16H2,1-2H3,(H,27,33)(H,28,32)/t21-/m1/s1. The minimum Gasteiger partial charge on any atom is -0.497 e. The normalized spacial score (nSPS) is 15.9. The number of amides is 3. The van der Waals surface area contributed by atoms with Gasteiger partial charge in [-0.25, -0.2) is 9.89 Å². The van der Waals surface area contributed by atoms with E-state index >= 15 is 0 Å². The maximum atomic E-state index is 13.3. The average molecular weight is 524 g/mol. The Morgan fingerprint density at radius 1 is 1.05 bits per heavy atom. The van der Waals surface area contributed by atoms with E-state index in [1.165, 1.54) is 16.7 Å². The molecule has 0 bridgehead atoms. The molecule has 2 heterocycles. The Morgan fingerprint density at radius 3 is 2.59 bits per heavy atom. The maximum Gasteiger partial charge on any atom is 0.259 e. The molecule has 2 N–H and O–H groups in total. The molecule has 37 heavy (non-hydrogen) atoms. The van der Waals surface area contributed by atoms with Crippen LogP contribution in [0.2, 0.25) is 0 Å². The number of nitrogens with zero attached hydrogens (tertiary/aromatic N) is 3. The number of benzene rings is 2. The lowest BCUT2D eigenvalue weighted by atomic mass is 10.1. The minimum absolute atomic E-state index is 0.0974. The third-order valence-electron chi connectivity index (χ3n) is 5.80. The van der Waals surface area contributed by atoms with Crippen LogP contribution >= 0.6 is 11.8 Å². The summed E-state index contributed by atoms with van der Waals surface area (Å²) in [4.78, 5) is 48.7. The number of thioether (sulfide) groups is 1. The smallest absolute Gasteiger partial charge is 0.259 e. The number of fused-ring (bicyclic) bond motifs is 3. The van der Waals surface area contributed by atoms with Crippen molar-refractivity contribution >= 4 is 46.2 Å². The third-order valence-corrected chi connectivity index (χ3v) is 6.74. The Balaban J connectivity index is 1.38. The van der Waals surface area contributed by atoms with Crippen molar-refractivity contribution in [3.63, 3.8) is 0 Å². The lowest BCUT2D eigenvalue weighted by Gasteiger charge is -2.25. The highest BCUT2D eigenvalue weighted by molar-refractivity contribution is 8.14. The van der Waals surface area contributed by atoms with Crippen LogP contribution in [-0.2, 0) is 25.7 Å². The van der Waals surface area contributed by atoms with Gasteiger partial charge in [0.25, 0.3) is 5.91 Å². The summed E-state index contributed by atoms with van der Waals surface area (Å²) in [5.74, 6) is 0.754. The van der Waals surface area contributed by atoms with Crippen LogP contribution < -0.4 is 15.4 Å². The molecule has 2 aromatic carbocycles. The largest absolute Gasteiger partial charge is 0.497 e. The van der Waals surface area contributed by atoms with Crippen LogP contribution in [0.25, 0.3) is 0 Å². The van der Waals surface area contributed by atoms with Gasteiger partial charge in [0.1, 0.15) is 17.6 Å². The second-order valence-corrected chi connectivity index (χ2v) is 9.29. The van der Waals surface area contributed by atoms with Crippen LogP contribution in [0.1, 0.15) is 24.0 Å². The molecule has 0 aliphatic carbocycles. The van der Waals surface area contributed by atoms with Gasteiger partial charge in [-0.05, 0) is 36.2 Å². The molecule has 0 radical (unpaired) electrons. The second-order valence-electron chi connectivity index (χ2n) is 8.35. The molecular weight excluding hydrogens is 494 g/mol. The fourth-order valence-corrected chi connectivity index (χ4v) is 4.69. The Bertz CT molecular complexity index is 1210. The number of rotatable bonds is 11. The molecule has 4 rings (SSSR count). The number of hydrogen-bond acceptors (Lipinski definition) is 8. The molecule has 0 unspecified atom stereocenters. The number of aliphatic imine (C=N–C) groups is 2. The topological polar surface area (TPSA) is 122 Å². The van der Waals surface area contributed by atoms with E-state index in [1.807, 2.05) is 48.5 Å². The molecule has 0 fully saturated rings. The number of carbonyl (C=O) groups excluding carboxylic acids is 3. The van der Waals surface area contributed by atoms with Crippen LogP contribution in [0, 0.1) is 0 Å². The Morgan fingerprint density at radius 2 is 1.84 bits per heavy atom. The molecule has 10 nitrogen and oxygen atoms in total. The molecule has 0 spiro atoms. The highest BCUT2D eigenvalue weighted by Crippen LogP contribution is 2.34. The van der Waals surface area contributed by atoms with Gasteiger partial charge in [-0.15, -0.1) is 0 Å². The minimum atomic E-state index is -0.700. The van der Waals surface area contributed by atoms with Gasteiger partial charge in [-0.2, -0.15) is 0 Å². The van der Waals surface area contributed by atoms with Crippen LogP contribution in [0.4, 0.5) is 5.69 Å². The molecule has 2 aromatic rings. The van der Waals surface area contributed by atoms with Gasteiger partial charge in [-0.1, -0.05) is 36.0 Å². The van der Waals surface area contributed by atoms with Crippen molar-refractivity contribution in [3.05, 3.63) is 59.7 Å². The summed E-state index contributed by atoms with van der Waals surface area (Å²) in [6.07, 6.45) is 0.422. The number of para-hydroxylation sites is 1. The molecule has 11 heteroatoms. The van der Waals surface area contributed by atoms with Crippen LogP contribution in [0.15, 0.2) is 58.5 Å². The van der Waals surface area contributed by atoms with Gasteiger partial charge in [-0.3, -0.25) is 19.4 Å². The Labute approximate surface area is 219 Å². The first-order valence-electron chi connectivity index (χ1n) is 11.9. The molecule has 3 amide bonds. The maximum absolute atomic E-state index is 13.3. The van der Waals surface area contributed by atoms with Gasteiger partial charge in [0.05, 0.1) is 25.2 Å². The summed E-state index contributed by atoms with van der Waals surface area (Å²) in [6, 6.07) is 14.2. The monoisotopic (exact) mass is 523 g/mol. The van der Waals surface area contributed by atoms with E-state index in [2.05, 4.69) is 20.6 Å². The van der Waals surface area contributed by atoms with Crippen LogP contribution in [0.5, 0.6) is 5.75 Å². The first kappa shape index (κ1) is 26.4. The number of carbonyl (C=O) groups is 3. The average Bonchev–Trinajstić information content (AvgIpc) is 3.26. The SMILES string of the molecule is COCCNC(=O)CSC1=Nc2ccccc2C2=N[C@H](CCC(=O)NCc3ccc(OC)cc3)C(=O)N12. The quantitative estimate of drug-likeness (QED) is 0.436. The van der Waals surface area contributed by atoms with E-state index in [0.717, 1.165) is 16.9 Å². The van der Waals surface area contributed by atoms with Crippen molar-refractivity contribution in [2.75, 3.05) is 33.1 Å². The predicted octanol–water partition coefficient (Wildman–Crippen LogP) is 2.25. The first-order chi connectivity index (χ1) is 18.0. The third kappa shape index (κ3) is 6.55. The van der Waals surface area contributed by atoms with Gasteiger partial charge in [0.2, 0.25) is 11.8 Å². The van der Waals surface area contributed by atoms with Crippen molar-refractivity contribution < 1.29 is 23.9 Å². The summed E-state index contributed by atoms with van der Waals surface area (Å²) in [7, 11) is 3.17. The van der Waals surface area contributed by atoms with Crippen LogP contribution in [0.3, 0.4) is 0 Å². The predicted molar refractivity (Wildman–Crippen MR) is 142 cm³/mol. The van der Waals surface area contributed by atoms with Crippen molar-refractivity contribution in [3.8, 4) is 5.75 Å². The molecular formula is C26H29N5O5S. The first-order valence-corrected chi connectivity index (χ1v) is 12.9. The lowest BCUT2D eigenvalue weighted by molar-refractivity contribution is -0.125. The number of nitrogens with one attached hydrogen (secondary N) is 2. The molecule has 0 saturated heterocycles. The highest BCUT2D eigenvalue weighted by atomic mass is 32.2. The molecule has 2 aliphatic heterocycles. The van der Waals surface area contributed by atoms with E-state index in [4.69, 9.17) is 9.47 Å². The number of amidine groups is 2. The molecule has 1 atom stereocenters. The fraction of sp³-hybridized carbons (Fsp3) is 0.346. The van der Waals surface area contributed by atoms with E-state index in [-0.39, 0.29) is 36.3 Å². The fourth-order valence-electron chi connectivity index (χ4n) is 3.86. The summed E-state index contributed by atoms with van der Waals surface area (Å²) in [5.41, 5.74) is 2.38. The number of hydrogen-bond donors (Lipinski definition) is 2. The Hall–Kier alpha value is -3.70. The van der Waals surface area contributed by atoms with Crippen molar-refractivity contribution in [1.29, 1.82) is 0 Å². The molecule has 0 saturated carbocycles. The van der Waals surface area contributed by atoms with E-state index in [1.54, 1.807) is 14.2 Å². The van der Waals surface area contributed by atoms with Gasteiger partial charge in [0, 0.05) is 32.2 Å². The molecule has 194 valence electrons. The highest BCUT2D eigenvalue weighted by Gasteiger charge is 2.41. The van der Waals surface area contributed by atoms with E-state index in [9.17, 15) is 14.4 Å². The molecule has 0 aromatic heterocycles. The Kier molecular flexibility index (Phi) is 8.91.